The summed E-state index contributed by atoms with van der Waals surface area (Å²) in [5, 5.41) is 7.26. The Hall–Kier alpha value is -0.950. The third-order valence-electron chi connectivity index (χ3n) is 3.70. The zero-order valence-corrected chi connectivity index (χ0v) is 10.9. The van der Waals surface area contributed by atoms with Gasteiger partial charge in [-0.05, 0) is 25.8 Å². The number of rotatable bonds is 2. The van der Waals surface area contributed by atoms with E-state index in [9.17, 15) is 8.42 Å². The maximum atomic E-state index is 11.4. The van der Waals surface area contributed by atoms with Gasteiger partial charge in [0.05, 0.1) is 17.4 Å². The molecule has 0 aliphatic carbocycles. The van der Waals surface area contributed by atoms with Gasteiger partial charge in [0.15, 0.2) is 15.7 Å². The third-order valence-corrected chi connectivity index (χ3v) is 5.47. The number of nitrogens with zero attached hydrogens (tertiary/aromatic N) is 2. The van der Waals surface area contributed by atoms with E-state index in [1.54, 1.807) is 0 Å². The molecule has 1 unspecified atom stereocenters. The molecule has 3 rings (SSSR count). The summed E-state index contributed by atoms with van der Waals surface area (Å²) in [4.78, 5) is 4.40. The van der Waals surface area contributed by atoms with Gasteiger partial charge in [0.2, 0.25) is 5.89 Å². The second kappa shape index (κ2) is 4.62. The molecule has 0 saturated carbocycles. The van der Waals surface area contributed by atoms with Crippen molar-refractivity contribution < 1.29 is 12.9 Å². The lowest BCUT2D eigenvalue weighted by Crippen LogP contribution is -2.28. The van der Waals surface area contributed by atoms with Crippen LogP contribution >= 0.6 is 0 Å². The number of nitrogens with one attached hydrogen (secondary N) is 1. The fourth-order valence-corrected chi connectivity index (χ4v) is 4.38. The smallest absolute Gasteiger partial charge is 0.231 e. The van der Waals surface area contributed by atoms with Gasteiger partial charge < -0.3 is 9.84 Å². The van der Waals surface area contributed by atoms with Gasteiger partial charge in [0, 0.05) is 12.5 Å². The molecule has 1 aromatic heterocycles. The van der Waals surface area contributed by atoms with Crippen molar-refractivity contribution in [3.05, 3.63) is 11.7 Å². The number of sulfone groups is 1. The first kappa shape index (κ1) is 12.1. The van der Waals surface area contributed by atoms with Gasteiger partial charge >= 0.3 is 0 Å². The van der Waals surface area contributed by atoms with Crippen LogP contribution in [0.1, 0.15) is 42.8 Å². The van der Waals surface area contributed by atoms with Crippen LogP contribution in [0, 0.1) is 0 Å². The summed E-state index contributed by atoms with van der Waals surface area (Å²) in [6.45, 7) is 1.91. The van der Waals surface area contributed by atoms with Gasteiger partial charge in [0.25, 0.3) is 0 Å². The fraction of sp³-hybridized carbons (Fsp3) is 0.818. The highest BCUT2D eigenvalue weighted by Crippen LogP contribution is 2.29. The van der Waals surface area contributed by atoms with Crippen LogP contribution in [0.3, 0.4) is 0 Å². The van der Waals surface area contributed by atoms with Crippen LogP contribution in [0.15, 0.2) is 4.52 Å². The predicted octanol–water partition coefficient (Wildman–Crippen LogP) is 0.439. The Morgan fingerprint density at radius 2 is 2.17 bits per heavy atom. The molecule has 0 spiro atoms. The largest absolute Gasteiger partial charge is 0.339 e. The normalized spacial score (nSPS) is 31.6. The van der Waals surface area contributed by atoms with E-state index in [1.165, 1.54) is 0 Å². The van der Waals surface area contributed by atoms with E-state index in [0.717, 1.165) is 25.9 Å². The highest BCUT2D eigenvalue weighted by atomic mass is 32.2. The van der Waals surface area contributed by atoms with Gasteiger partial charge in [-0.15, -0.1) is 0 Å². The van der Waals surface area contributed by atoms with Crippen molar-refractivity contribution in [1.82, 2.24) is 15.5 Å². The number of piperidine rings is 1. The van der Waals surface area contributed by atoms with Crippen molar-refractivity contribution in [3.63, 3.8) is 0 Å². The van der Waals surface area contributed by atoms with Crippen LogP contribution in [0.5, 0.6) is 0 Å². The van der Waals surface area contributed by atoms with Crippen molar-refractivity contribution in [2.45, 2.75) is 31.1 Å². The zero-order chi connectivity index (χ0) is 12.6. The summed E-state index contributed by atoms with van der Waals surface area (Å²) >= 11 is 0. The van der Waals surface area contributed by atoms with Crippen molar-refractivity contribution in [2.75, 3.05) is 24.6 Å². The Labute approximate surface area is 106 Å². The Bertz CT molecular complexity index is 519. The molecule has 7 heteroatoms. The topological polar surface area (TPSA) is 85.1 Å². The summed E-state index contributed by atoms with van der Waals surface area (Å²) in [7, 11) is -2.89. The maximum Gasteiger partial charge on any atom is 0.231 e. The first-order valence-electron chi connectivity index (χ1n) is 6.39. The second-order valence-corrected chi connectivity index (χ2v) is 7.36. The Balaban J connectivity index is 1.73. The Morgan fingerprint density at radius 1 is 1.28 bits per heavy atom. The highest BCUT2D eigenvalue weighted by Gasteiger charge is 2.33. The SMILES string of the molecule is O=S1(=O)CCC(c2noc([C@@H]3CCCNC3)n2)C1. The maximum absolute atomic E-state index is 11.4. The van der Waals surface area contributed by atoms with E-state index in [-0.39, 0.29) is 23.3 Å². The van der Waals surface area contributed by atoms with Crippen LogP contribution in [0.2, 0.25) is 0 Å². The molecule has 1 N–H and O–H groups in total. The molecule has 2 fully saturated rings. The van der Waals surface area contributed by atoms with Gasteiger partial charge in [-0.1, -0.05) is 5.16 Å². The molecule has 0 radical (unpaired) electrons. The molecule has 6 nitrogen and oxygen atoms in total. The lowest BCUT2D eigenvalue weighted by atomic mass is 10.00. The summed E-state index contributed by atoms with van der Waals surface area (Å²) in [6.07, 6.45) is 2.78. The molecule has 2 aliphatic rings. The number of aromatic nitrogens is 2. The minimum absolute atomic E-state index is 0.0796. The number of hydrogen-bond donors (Lipinski definition) is 1. The standard InChI is InChI=1S/C11H17N3O3S/c15-18(16)5-3-9(7-18)10-13-11(17-14-10)8-2-1-4-12-6-8/h8-9,12H,1-7H2/t8-,9?/m1/s1. The molecule has 0 aromatic carbocycles. The molecule has 18 heavy (non-hydrogen) atoms. The zero-order valence-electron chi connectivity index (χ0n) is 10.1. The van der Waals surface area contributed by atoms with Crippen molar-refractivity contribution in [1.29, 1.82) is 0 Å². The summed E-state index contributed by atoms with van der Waals surface area (Å²) in [6, 6.07) is 0. The molecule has 2 atom stereocenters. The summed E-state index contributed by atoms with van der Waals surface area (Å²) in [5.74, 6) is 1.82. The lowest BCUT2D eigenvalue weighted by Gasteiger charge is -2.18. The van der Waals surface area contributed by atoms with E-state index in [2.05, 4.69) is 15.5 Å². The van der Waals surface area contributed by atoms with Crippen LogP contribution in [0.25, 0.3) is 0 Å². The summed E-state index contributed by atoms with van der Waals surface area (Å²) in [5.41, 5.74) is 0. The predicted molar refractivity (Wildman–Crippen MR) is 65.2 cm³/mol. The van der Waals surface area contributed by atoms with Crippen molar-refractivity contribution in [2.24, 2.45) is 0 Å². The monoisotopic (exact) mass is 271 g/mol. The van der Waals surface area contributed by atoms with Gasteiger partial charge in [-0.2, -0.15) is 4.98 Å². The van der Waals surface area contributed by atoms with Crippen molar-refractivity contribution in [3.8, 4) is 0 Å². The molecular weight excluding hydrogens is 254 g/mol. The van der Waals surface area contributed by atoms with Crippen LogP contribution in [0.4, 0.5) is 0 Å². The first-order valence-corrected chi connectivity index (χ1v) is 8.21. The van der Waals surface area contributed by atoms with Crippen LogP contribution < -0.4 is 5.32 Å². The fourth-order valence-electron chi connectivity index (χ4n) is 2.64. The minimum Gasteiger partial charge on any atom is -0.339 e. The lowest BCUT2D eigenvalue weighted by molar-refractivity contribution is 0.319. The van der Waals surface area contributed by atoms with E-state index in [1.807, 2.05) is 0 Å². The second-order valence-electron chi connectivity index (χ2n) is 5.13. The first-order chi connectivity index (χ1) is 8.64. The van der Waals surface area contributed by atoms with E-state index >= 15 is 0 Å². The molecule has 0 bridgehead atoms. The average molecular weight is 271 g/mol. The highest BCUT2D eigenvalue weighted by molar-refractivity contribution is 7.91. The Kier molecular flexibility index (Phi) is 3.11. The molecule has 3 heterocycles. The van der Waals surface area contributed by atoms with Gasteiger partial charge in [0.1, 0.15) is 0 Å². The molecule has 0 amide bonds. The molecule has 2 aliphatic heterocycles. The molecule has 1 aromatic rings. The molecular formula is C11H17N3O3S. The van der Waals surface area contributed by atoms with Gasteiger partial charge in [-0.3, -0.25) is 0 Å². The van der Waals surface area contributed by atoms with Gasteiger partial charge in [-0.25, -0.2) is 8.42 Å². The van der Waals surface area contributed by atoms with E-state index in [4.69, 9.17) is 4.52 Å². The quantitative estimate of drug-likeness (QED) is 0.840. The number of hydrogen-bond acceptors (Lipinski definition) is 6. The average Bonchev–Trinajstić information content (AvgIpc) is 2.96. The van der Waals surface area contributed by atoms with Crippen LogP contribution in [-0.2, 0) is 9.84 Å². The molecule has 2 saturated heterocycles. The Morgan fingerprint density at radius 3 is 2.83 bits per heavy atom. The summed E-state index contributed by atoms with van der Waals surface area (Å²) < 4.78 is 28.1. The van der Waals surface area contributed by atoms with E-state index < -0.39 is 9.84 Å². The van der Waals surface area contributed by atoms with Crippen LogP contribution in [-0.4, -0.2) is 43.2 Å². The van der Waals surface area contributed by atoms with E-state index in [0.29, 0.717) is 18.1 Å². The van der Waals surface area contributed by atoms with Crippen molar-refractivity contribution >= 4 is 9.84 Å². The molecule has 100 valence electrons. The minimum atomic E-state index is -2.89. The third kappa shape index (κ3) is 2.42.